The van der Waals surface area contributed by atoms with Crippen LogP contribution < -0.4 is 5.32 Å². The maximum absolute atomic E-state index is 14.3. The quantitative estimate of drug-likeness (QED) is 0.879. The SMILES string of the molecule is O=C(NCc1ccc(-n2ccnc2)c(F)c1)C1CC(=O)N(C2CCCC2)C1. The van der Waals surface area contributed by atoms with Crippen LogP contribution in [-0.4, -0.2) is 38.9 Å². The van der Waals surface area contributed by atoms with Crippen LogP contribution in [-0.2, 0) is 16.1 Å². The molecule has 0 bridgehead atoms. The second kappa shape index (κ2) is 7.50. The number of imidazole rings is 1. The molecule has 1 unspecified atom stereocenters. The fourth-order valence-electron chi connectivity index (χ4n) is 4.08. The van der Waals surface area contributed by atoms with E-state index in [0.717, 1.165) is 25.7 Å². The molecule has 2 fully saturated rings. The Labute approximate surface area is 157 Å². The van der Waals surface area contributed by atoms with Crippen molar-refractivity contribution in [3.05, 3.63) is 48.3 Å². The van der Waals surface area contributed by atoms with Crippen LogP contribution in [0.5, 0.6) is 0 Å². The lowest BCUT2D eigenvalue weighted by Gasteiger charge is -2.23. The van der Waals surface area contributed by atoms with Crippen molar-refractivity contribution in [1.82, 2.24) is 19.8 Å². The second-order valence-corrected chi connectivity index (χ2v) is 7.36. The number of hydrogen-bond donors (Lipinski definition) is 1. The third-order valence-corrected chi connectivity index (χ3v) is 5.56. The maximum atomic E-state index is 14.3. The van der Waals surface area contributed by atoms with Crippen molar-refractivity contribution in [3.63, 3.8) is 0 Å². The van der Waals surface area contributed by atoms with Gasteiger partial charge >= 0.3 is 0 Å². The minimum absolute atomic E-state index is 0.0813. The first-order valence-corrected chi connectivity index (χ1v) is 9.46. The highest BCUT2D eigenvalue weighted by molar-refractivity contribution is 5.89. The summed E-state index contributed by atoms with van der Waals surface area (Å²) in [6.07, 6.45) is 9.48. The fourth-order valence-corrected chi connectivity index (χ4v) is 4.08. The van der Waals surface area contributed by atoms with Crippen LogP contribution in [0.2, 0.25) is 0 Å². The Bertz CT molecular complexity index is 831. The molecule has 1 saturated heterocycles. The van der Waals surface area contributed by atoms with E-state index in [2.05, 4.69) is 10.3 Å². The smallest absolute Gasteiger partial charge is 0.225 e. The summed E-state index contributed by atoms with van der Waals surface area (Å²) in [5.41, 5.74) is 1.10. The van der Waals surface area contributed by atoms with Gasteiger partial charge in [-0.15, -0.1) is 0 Å². The van der Waals surface area contributed by atoms with Crippen molar-refractivity contribution < 1.29 is 14.0 Å². The molecule has 6 nitrogen and oxygen atoms in total. The summed E-state index contributed by atoms with van der Waals surface area (Å²) in [5, 5.41) is 2.85. The monoisotopic (exact) mass is 370 g/mol. The minimum atomic E-state index is -0.372. The molecular weight excluding hydrogens is 347 g/mol. The third-order valence-electron chi connectivity index (χ3n) is 5.56. The van der Waals surface area contributed by atoms with Gasteiger partial charge in [0, 0.05) is 37.9 Å². The summed E-state index contributed by atoms with van der Waals surface area (Å²) in [6.45, 7) is 0.747. The standard InChI is InChI=1S/C20H23FN4O2/c21-17-9-14(5-6-18(17)24-8-7-22-13-24)11-23-20(27)15-10-19(26)25(12-15)16-3-1-2-4-16/h5-9,13,15-16H,1-4,10-12H2,(H,23,27). The number of aromatic nitrogens is 2. The molecule has 1 aromatic heterocycles. The molecule has 1 N–H and O–H groups in total. The number of carbonyl (C=O) groups excluding carboxylic acids is 2. The Hall–Kier alpha value is -2.70. The van der Waals surface area contributed by atoms with Crippen LogP contribution in [0.1, 0.15) is 37.7 Å². The van der Waals surface area contributed by atoms with Crippen LogP contribution in [0.25, 0.3) is 5.69 Å². The molecule has 0 spiro atoms. The Morgan fingerprint density at radius 3 is 2.81 bits per heavy atom. The molecule has 2 amide bonds. The second-order valence-electron chi connectivity index (χ2n) is 7.36. The van der Waals surface area contributed by atoms with Crippen LogP contribution in [0.15, 0.2) is 36.9 Å². The Morgan fingerprint density at radius 1 is 1.30 bits per heavy atom. The van der Waals surface area contributed by atoms with Gasteiger partial charge in [0.05, 0.1) is 17.9 Å². The molecule has 2 heterocycles. The van der Waals surface area contributed by atoms with Crippen LogP contribution >= 0.6 is 0 Å². The first-order valence-electron chi connectivity index (χ1n) is 9.46. The summed E-state index contributed by atoms with van der Waals surface area (Å²) >= 11 is 0. The predicted molar refractivity (Wildman–Crippen MR) is 97.4 cm³/mol. The molecule has 142 valence electrons. The van der Waals surface area contributed by atoms with Gasteiger partial charge in [0.1, 0.15) is 5.82 Å². The Kier molecular flexibility index (Phi) is 4.92. The lowest BCUT2D eigenvalue weighted by Crippen LogP contribution is -2.36. The van der Waals surface area contributed by atoms with E-state index < -0.39 is 0 Å². The molecule has 1 aromatic carbocycles. The summed E-state index contributed by atoms with van der Waals surface area (Å²) in [6, 6.07) is 5.17. The van der Waals surface area contributed by atoms with E-state index in [9.17, 15) is 14.0 Å². The summed E-state index contributed by atoms with van der Waals surface area (Å²) < 4.78 is 15.9. The molecule has 2 aromatic rings. The van der Waals surface area contributed by atoms with Gasteiger partial charge in [-0.1, -0.05) is 18.9 Å². The Morgan fingerprint density at radius 2 is 2.11 bits per heavy atom. The number of amides is 2. The highest BCUT2D eigenvalue weighted by Crippen LogP contribution is 2.29. The summed E-state index contributed by atoms with van der Waals surface area (Å²) in [4.78, 5) is 30.5. The normalized spacial score (nSPS) is 20.4. The zero-order valence-corrected chi connectivity index (χ0v) is 15.1. The highest BCUT2D eigenvalue weighted by Gasteiger charge is 2.38. The fraction of sp³-hybridized carbons (Fsp3) is 0.450. The number of nitrogens with one attached hydrogen (secondary N) is 1. The molecule has 1 aliphatic carbocycles. The number of benzene rings is 1. The molecule has 2 aliphatic rings. The number of likely N-dealkylation sites (tertiary alicyclic amines) is 1. The van der Waals surface area contributed by atoms with Gasteiger partial charge in [0.25, 0.3) is 0 Å². The highest BCUT2D eigenvalue weighted by atomic mass is 19.1. The molecule has 4 rings (SSSR count). The first kappa shape index (κ1) is 17.7. The van der Waals surface area contributed by atoms with E-state index in [1.807, 2.05) is 4.90 Å². The lowest BCUT2D eigenvalue weighted by molar-refractivity contribution is -0.130. The maximum Gasteiger partial charge on any atom is 0.225 e. The van der Waals surface area contributed by atoms with Gasteiger partial charge in [0.15, 0.2) is 0 Å². The lowest BCUT2D eigenvalue weighted by atomic mass is 10.1. The van der Waals surface area contributed by atoms with E-state index in [4.69, 9.17) is 0 Å². The number of rotatable bonds is 5. The van der Waals surface area contributed by atoms with E-state index in [-0.39, 0.29) is 36.5 Å². The first-order chi connectivity index (χ1) is 13.1. The number of nitrogens with zero attached hydrogens (tertiary/aromatic N) is 3. The average molecular weight is 370 g/mol. The third kappa shape index (κ3) is 3.72. The number of hydrogen-bond acceptors (Lipinski definition) is 3. The predicted octanol–water partition coefficient (Wildman–Crippen LogP) is 2.42. The Balaban J connectivity index is 1.34. The molecule has 0 radical (unpaired) electrons. The zero-order chi connectivity index (χ0) is 18.8. The molecule has 1 atom stereocenters. The van der Waals surface area contributed by atoms with Crippen molar-refractivity contribution in [1.29, 1.82) is 0 Å². The minimum Gasteiger partial charge on any atom is -0.352 e. The van der Waals surface area contributed by atoms with Gasteiger partial charge in [-0.3, -0.25) is 9.59 Å². The number of carbonyl (C=O) groups is 2. The molecule has 7 heteroatoms. The van der Waals surface area contributed by atoms with Crippen LogP contribution in [0.4, 0.5) is 4.39 Å². The van der Waals surface area contributed by atoms with E-state index in [1.54, 1.807) is 29.1 Å². The van der Waals surface area contributed by atoms with Crippen LogP contribution in [0.3, 0.4) is 0 Å². The largest absolute Gasteiger partial charge is 0.352 e. The molecule has 1 saturated carbocycles. The van der Waals surface area contributed by atoms with Gasteiger partial charge in [-0.25, -0.2) is 9.37 Å². The summed E-state index contributed by atoms with van der Waals surface area (Å²) in [7, 11) is 0. The topological polar surface area (TPSA) is 67.2 Å². The van der Waals surface area contributed by atoms with Gasteiger partial charge < -0.3 is 14.8 Å². The molecule has 27 heavy (non-hydrogen) atoms. The van der Waals surface area contributed by atoms with Crippen molar-refractivity contribution in [2.75, 3.05) is 6.54 Å². The molecular formula is C20H23FN4O2. The van der Waals surface area contributed by atoms with Crippen molar-refractivity contribution in [2.24, 2.45) is 5.92 Å². The van der Waals surface area contributed by atoms with Crippen molar-refractivity contribution >= 4 is 11.8 Å². The van der Waals surface area contributed by atoms with Crippen molar-refractivity contribution in [2.45, 2.75) is 44.7 Å². The number of halogens is 1. The van der Waals surface area contributed by atoms with Gasteiger partial charge in [-0.2, -0.15) is 0 Å². The average Bonchev–Trinajstić information content (AvgIpc) is 3.41. The van der Waals surface area contributed by atoms with Crippen LogP contribution in [0, 0.1) is 11.7 Å². The van der Waals surface area contributed by atoms with E-state index in [1.165, 1.54) is 12.4 Å². The van der Waals surface area contributed by atoms with Gasteiger partial charge in [-0.05, 0) is 30.5 Å². The van der Waals surface area contributed by atoms with Gasteiger partial charge in [0.2, 0.25) is 11.8 Å². The summed E-state index contributed by atoms with van der Waals surface area (Å²) in [5.74, 6) is -0.739. The van der Waals surface area contributed by atoms with E-state index in [0.29, 0.717) is 23.8 Å². The molecule has 1 aliphatic heterocycles. The van der Waals surface area contributed by atoms with E-state index >= 15 is 0 Å². The zero-order valence-electron chi connectivity index (χ0n) is 15.1. The van der Waals surface area contributed by atoms with Crippen molar-refractivity contribution in [3.8, 4) is 5.69 Å².